The first-order valence-electron chi connectivity index (χ1n) is 8.40. The Morgan fingerprint density at radius 3 is 2.44 bits per heavy atom. The average molecular weight is 348 g/mol. The highest BCUT2D eigenvalue weighted by Crippen LogP contribution is 2.15. The number of amides is 2. The molecule has 136 valence electrons. The number of hydrogen-bond acceptors (Lipinski definition) is 5. The van der Waals surface area contributed by atoms with Crippen molar-refractivity contribution in [1.29, 1.82) is 0 Å². The number of benzene rings is 1. The van der Waals surface area contributed by atoms with Gasteiger partial charge in [0.15, 0.2) is 0 Å². The van der Waals surface area contributed by atoms with E-state index in [1.54, 1.807) is 23.1 Å². The third-order valence-electron chi connectivity index (χ3n) is 3.93. The topological polar surface area (TPSA) is 99.1 Å². The molecule has 0 aromatic heterocycles. The number of likely N-dealkylation sites (tertiary alicyclic amines) is 1. The van der Waals surface area contributed by atoms with E-state index in [-0.39, 0.29) is 23.5 Å². The van der Waals surface area contributed by atoms with Crippen molar-refractivity contribution in [3.05, 3.63) is 29.8 Å². The Bertz CT molecular complexity index is 622. The minimum absolute atomic E-state index is 0.0334. The van der Waals surface area contributed by atoms with Crippen LogP contribution in [0, 0.1) is 0 Å². The quantitative estimate of drug-likeness (QED) is 0.691. The lowest BCUT2D eigenvalue weighted by Gasteiger charge is -2.33. The van der Waals surface area contributed by atoms with Gasteiger partial charge in [-0.15, -0.1) is 0 Å². The number of nitrogens with one attached hydrogen (secondary N) is 1. The van der Waals surface area contributed by atoms with Crippen LogP contribution in [0.4, 0.5) is 4.79 Å². The SMILES string of the molecule is CC(C)(C)OC(=O)N1CCC(NC(=O)c2cccc(B(O)O)c2)CC1. The summed E-state index contributed by atoms with van der Waals surface area (Å²) in [6, 6.07) is 6.19. The molecule has 1 aliphatic rings. The second-order valence-corrected chi connectivity index (χ2v) is 7.21. The van der Waals surface area contributed by atoms with E-state index in [1.807, 2.05) is 20.8 Å². The number of hydrogen-bond donors (Lipinski definition) is 3. The molecule has 25 heavy (non-hydrogen) atoms. The summed E-state index contributed by atoms with van der Waals surface area (Å²) >= 11 is 0. The van der Waals surface area contributed by atoms with Gasteiger partial charge in [0.05, 0.1) is 0 Å². The van der Waals surface area contributed by atoms with Crippen molar-refractivity contribution in [3.63, 3.8) is 0 Å². The predicted molar refractivity (Wildman–Crippen MR) is 94.6 cm³/mol. The van der Waals surface area contributed by atoms with Crippen molar-refractivity contribution >= 4 is 24.6 Å². The molecular formula is C17H25BN2O5. The normalized spacial score (nSPS) is 15.6. The summed E-state index contributed by atoms with van der Waals surface area (Å²) in [4.78, 5) is 26.0. The van der Waals surface area contributed by atoms with Gasteiger partial charge in [-0.2, -0.15) is 0 Å². The van der Waals surface area contributed by atoms with Crippen molar-refractivity contribution < 1.29 is 24.4 Å². The second kappa shape index (κ2) is 7.88. The Kier molecular flexibility index (Phi) is 6.08. The van der Waals surface area contributed by atoms with Crippen molar-refractivity contribution in [2.45, 2.75) is 45.3 Å². The molecule has 0 aliphatic carbocycles. The van der Waals surface area contributed by atoms with E-state index in [9.17, 15) is 19.6 Å². The highest BCUT2D eigenvalue weighted by Gasteiger charge is 2.27. The van der Waals surface area contributed by atoms with E-state index in [1.165, 1.54) is 6.07 Å². The maximum atomic E-state index is 12.3. The molecule has 7 nitrogen and oxygen atoms in total. The number of nitrogens with zero attached hydrogens (tertiary/aromatic N) is 1. The molecule has 1 aromatic rings. The van der Waals surface area contributed by atoms with Crippen molar-refractivity contribution in [2.75, 3.05) is 13.1 Å². The van der Waals surface area contributed by atoms with E-state index in [0.29, 0.717) is 31.5 Å². The minimum Gasteiger partial charge on any atom is -0.444 e. The highest BCUT2D eigenvalue weighted by molar-refractivity contribution is 6.58. The van der Waals surface area contributed by atoms with Crippen LogP contribution in [-0.2, 0) is 4.74 Å². The van der Waals surface area contributed by atoms with Crippen LogP contribution in [0.3, 0.4) is 0 Å². The van der Waals surface area contributed by atoms with E-state index in [2.05, 4.69) is 5.32 Å². The molecule has 0 saturated carbocycles. The van der Waals surface area contributed by atoms with Crippen molar-refractivity contribution in [3.8, 4) is 0 Å². The van der Waals surface area contributed by atoms with E-state index in [0.717, 1.165) is 0 Å². The summed E-state index contributed by atoms with van der Waals surface area (Å²) in [5.74, 6) is -0.266. The van der Waals surface area contributed by atoms with E-state index in [4.69, 9.17) is 4.74 Å². The molecule has 3 N–H and O–H groups in total. The maximum Gasteiger partial charge on any atom is 0.488 e. The van der Waals surface area contributed by atoms with Gasteiger partial charge in [0.25, 0.3) is 5.91 Å². The Labute approximate surface area is 148 Å². The molecule has 0 bridgehead atoms. The molecule has 1 aliphatic heterocycles. The third kappa shape index (κ3) is 5.76. The molecule has 1 fully saturated rings. The third-order valence-corrected chi connectivity index (χ3v) is 3.93. The van der Waals surface area contributed by atoms with Gasteiger partial charge in [0, 0.05) is 24.7 Å². The fourth-order valence-corrected chi connectivity index (χ4v) is 2.64. The summed E-state index contributed by atoms with van der Waals surface area (Å²) in [5, 5.41) is 21.3. The van der Waals surface area contributed by atoms with Gasteiger partial charge in [-0.05, 0) is 51.2 Å². The smallest absolute Gasteiger partial charge is 0.444 e. The van der Waals surface area contributed by atoms with Crippen LogP contribution in [0.15, 0.2) is 24.3 Å². The number of piperidine rings is 1. The first-order chi connectivity index (χ1) is 11.7. The minimum atomic E-state index is -1.61. The zero-order chi connectivity index (χ0) is 18.6. The highest BCUT2D eigenvalue weighted by atomic mass is 16.6. The monoisotopic (exact) mass is 348 g/mol. The van der Waals surface area contributed by atoms with Crippen LogP contribution in [0.2, 0.25) is 0 Å². The lowest BCUT2D eigenvalue weighted by molar-refractivity contribution is 0.0199. The van der Waals surface area contributed by atoms with Crippen LogP contribution in [-0.4, -0.2) is 58.8 Å². The van der Waals surface area contributed by atoms with Crippen molar-refractivity contribution in [2.24, 2.45) is 0 Å². The average Bonchev–Trinajstić information content (AvgIpc) is 2.54. The number of rotatable bonds is 3. The van der Waals surface area contributed by atoms with Gasteiger partial charge in [-0.1, -0.05) is 12.1 Å². The van der Waals surface area contributed by atoms with Gasteiger partial charge in [-0.3, -0.25) is 4.79 Å². The Morgan fingerprint density at radius 2 is 1.88 bits per heavy atom. The number of carbonyl (C=O) groups is 2. The summed E-state index contributed by atoms with van der Waals surface area (Å²) in [5.41, 5.74) is 0.123. The van der Waals surface area contributed by atoms with Gasteiger partial charge in [0.1, 0.15) is 5.60 Å². The molecule has 1 heterocycles. The molecular weight excluding hydrogens is 323 g/mol. The Hall–Kier alpha value is -2.06. The fourth-order valence-electron chi connectivity index (χ4n) is 2.64. The molecule has 0 unspecified atom stereocenters. The molecule has 0 spiro atoms. The zero-order valence-corrected chi connectivity index (χ0v) is 14.9. The number of carbonyl (C=O) groups excluding carboxylic acids is 2. The van der Waals surface area contributed by atoms with Crippen LogP contribution in [0.1, 0.15) is 44.0 Å². The molecule has 0 radical (unpaired) electrons. The van der Waals surface area contributed by atoms with Gasteiger partial charge in [-0.25, -0.2) is 4.79 Å². The van der Waals surface area contributed by atoms with Crippen LogP contribution in [0.5, 0.6) is 0 Å². The van der Waals surface area contributed by atoms with Crippen LogP contribution >= 0.6 is 0 Å². The predicted octanol–water partition coefficient (Wildman–Crippen LogP) is 0.496. The standard InChI is InChI=1S/C17H25BN2O5/c1-17(2,3)25-16(22)20-9-7-14(8-10-20)19-15(21)12-5-4-6-13(11-12)18(23)24/h4-6,11,14,23-24H,7-10H2,1-3H3,(H,19,21). The largest absolute Gasteiger partial charge is 0.488 e. The van der Waals surface area contributed by atoms with Crippen LogP contribution < -0.4 is 10.8 Å². The summed E-state index contributed by atoms with van der Waals surface area (Å²) in [6.07, 6.45) is 0.961. The first-order valence-corrected chi connectivity index (χ1v) is 8.40. The van der Waals surface area contributed by atoms with Gasteiger partial charge < -0.3 is 25.0 Å². The Balaban J connectivity index is 1.86. The second-order valence-electron chi connectivity index (χ2n) is 7.21. The van der Waals surface area contributed by atoms with Gasteiger partial charge in [0.2, 0.25) is 0 Å². The lowest BCUT2D eigenvalue weighted by Crippen LogP contribution is -2.47. The van der Waals surface area contributed by atoms with E-state index < -0.39 is 12.7 Å². The summed E-state index contributed by atoms with van der Waals surface area (Å²) in [7, 11) is -1.61. The fraction of sp³-hybridized carbons (Fsp3) is 0.529. The lowest BCUT2D eigenvalue weighted by atomic mass is 9.79. The van der Waals surface area contributed by atoms with Gasteiger partial charge >= 0.3 is 13.2 Å². The maximum absolute atomic E-state index is 12.3. The molecule has 2 amide bonds. The summed E-state index contributed by atoms with van der Waals surface area (Å²) in [6.45, 7) is 6.53. The van der Waals surface area contributed by atoms with E-state index >= 15 is 0 Å². The molecule has 1 aromatic carbocycles. The zero-order valence-electron chi connectivity index (χ0n) is 14.9. The number of ether oxygens (including phenoxy) is 1. The first kappa shape index (κ1) is 19.3. The summed E-state index contributed by atoms with van der Waals surface area (Å²) < 4.78 is 5.35. The molecule has 8 heteroatoms. The van der Waals surface area contributed by atoms with Crippen molar-refractivity contribution in [1.82, 2.24) is 10.2 Å². The molecule has 1 saturated heterocycles. The molecule has 0 atom stereocenters. The van der Waals surface area contributed by atoms with Crippen LogP contribution in [0.25, 0.3) is 0 Å². The Morgan fingerprint density at radius 1 is 1.24 bits per heavy atom. The molecule has 2 rings (SSSR count).